The summed E-state index contributed by atoms with van der Waals surface area (Å²) in [5, 5.41) is 0. The van der Waals surface area contributed by atoms with E-state index < -0.39 is 0 Å². The van der Waals surface area contributed by atoms with E-state index in [2.05, 4.69) is 32.2 Å². The molecule has 0 amide bonds. The number of aromatic nitrogens is 2. The van der Waals surface area contributed by atoms with Gasteiger partial charge >= 0.3 is 0 Å². The molecule has 0 saturated heterocycles. The zero-order valence-corrected chi connectivity index (χ0v) is 9.03. The van der Waals surface area contributed by atoms with Gasteiger partial charge in [0.15, 0.2) is 0 Å². The monoisotopic (exact) mass is 238 g/mol. The summed E-state index contributed by atoms with van der Waals surface area (Å²) in [4.78, 5) is 4.81. The van der Waals surface area contributed by atoms with Crippen molar-refractivity contribution in [1.82, 2.24) is 9.38 Å². The Bertz CT molecular complexity index is 406. The minimum Gasteiger partial charge on any atom is -0.304 e. The first-order valence-electron chi connectivity index (χ1n) is 4.32. The van der Waals surface area contributed by atoms with E-state index in [0.29, 0.717) is 4.83 Å². The fourth-order valence-corrected chi connectivity index (χ4v) is 1.76. The Morgan fingerprint density at radius 2 is 2.38 bits per heavy atom. The van der Waals surface area contributed by atoms with Crippen LogP contribution in [0.4, 0.5) is 0 Å². The van der Waals surface area contributed by atoms with Crippen LogP contribution in [0, 0.1) is 0 Å². The van der Waals surface area contributed by atoms with Gasteiger partial charge in [-0.25, -0.2) is 4.98 Å². The standard InChI is InChI=1S/C10H11BrN2/c1-8(11)6-9-7-12-10-4-2-3-5-13(9)10/h2-5,7-8H,6H2,1H3. The van der Waals surface area contributed by atoms with Gasteiger partial charge in [0, 0.05) is 29.3 Å². The van der Waals surface area contributed by atoms with E-state index in [1.54, 1.807) is 0 Å². The van der Waals surface area contributed by atoms with Crippen LogP contribution in [0.15, 0.2) is 30.6 Å². The van der Waals surface area contributed by atoms with Gasteiger partial charge in [-0.2, -0.15) is 0 Å². The summed E-state index contributed by atoms with van der Waals surface area (Å²) in [6.45, 7) is 2.14. The van der Waals surface area contributed by atoms with Crippen LogP contribution in [0.2, 0.25) is 0 Å². The number of hydrogen-bond acceptors (Lipinski definition) is 1. The molecule has 0 bridgehead atoms. The fourth-order valence-electron chi connectivity index (χ4n) is 1.42. The lowest BCUT2D eigenvalue weighted by Gasteiger charge is -2.02. The van der Waals surface area contributed by atoms with E-state index in [4.69, 9.17) is 0 Å². The van der Waals surface area contributed by atoms with Crippen LogP contribution >= 0.6 is 15.9 Å². The number of pyridine rings is 1. The lowest BCUT2D eigenvalue weighted by Crippen LogP contribution is -1.99. The molecule has 0 aliphatic carbocycles. The zero-order valence-electron chi connectivity index (χ0n) is 7.44. The summed E-state index contributed by atoms with van der Waals surface area (Å²) in [6.07, 6.45) is 4.99. The first-order chi connectivity index (χ1) is 6.27. The highest BCUT2D eigenvalue weighted by Gasteiger charge is 2.04. The van der Waals surface area contributed by atoms with E-state index >= 15 is 0 Å². The van der Waals surface area contributed by atoms with Crippen LogP contribution in [0.1, 0.15) is 12.6 Å². The molecule has 1 atom stereocenters. The number of hydrogen-bond donors (Lipinski definition) is 0. The molecule has 3 heteroatoms. The lowest BCUT2D eigenvalue weighted by atomic mass is 10.3. The Morgan fingerprint density at radius 1 is 1.54 bits per heavy atom. The fraction of sp³-hybridized carbons (Fsp3) is 0.300. The third-order valence-electron chi connectivity index (χ3n) is 1.98. The van der Waals surface area contributed by atoms with E-state index in [1.165, 1.54) is 5.69 Å². The second-order valence-corrected chi connectivity index (χ2v) is 4.73. The highest BCUT2D eigenvalue weighted by molar-refractivity contribution is 9.09. The molecule has 1 unspecified atom stereocenters. The van der Waals surface area contributed by atoms with Crippen LogP contribution in [0.3, 0.4) is 0 Å². The Hall–Kier alpha value is -0.830. The second kappa shape index (κ2) is 3.50. The maximum absolute atomic E-state index is 4.31. The molecule has 2 nitrogen and oxygen atoms in total. The first-order valence-corrected chi connectivity index (χ1v) is 5.24. The van der Waals surface area contributed by atoms with Crippen LogP contribution in [0.5, 0.6) is 0 Å². The van der Waals surface area contributed by atoms with Gasteiger partial charge in [-0.3, -0.25) is 0 Å². The van der Waals surface area contributed by atoms with Crippen molar-refractivity contribution in [3.8, 4) is 0 Å². The maximum Gasteiger partial charge on any atom is 0.136 e. The quantitative estimate of drug-likeness (QED) is 0.736. The Morgan fingerprint density at radius 3 is 3.15 bits per heavy atom. The van der Waals surface area contributed by atoms with Gasteiger partial charge in [0.1, 0.15) is 5.65 Å². The van der Waals surface area contributed by atoms with Crippen molar-refractivity contribution in [3.05, 3.63) is 36.3 Å². The molecule has 68 valence electrons. The maximum atomic E-state index is 4.31. The molecule has 0 radical (unpaired) electrons. The molecular formula is C10H11BrN2. The molecule has 0 N–H and O–H groups in total. The summed E-state index contributed by atoms with van der Waals surface area (Å²) < 4.78 is 2.12. The Kier molecular flexibility index (Phi) is 2.36. The number of imidazole rings is 1. The van der Waals surface area contributed by atoms with E-state index in [-0.39, 0.29) is 0 Å². The summed E-state index contributed by atoms with van der Waals surface area (Å²) >= 11 is 3.54. The molecule has 2 aromatic heterocycles. The normalized spacial score (nSPS) is 13.4. The van der Waals surface area contributed by atoms with Gasteiger partial charge < -0.3 is 4.40 Å². The number of halogens is 1. The first kappa shape index (κ1) is 8.75. The van der Waals surface area contributed by atoms with E-state index in [0.717, 1.165) is 12.1 Å². The van der Waals surface area contributed by atoms with E-state index in [1.807, 2.05) is 30.6 Å². The molecule has 0 spiro atoms. The summed E-state index contributed by atoms with van der Waals surface area (Å²) in [6, 6.07) is 6.04. The molecule has 13 heavy (non-hydrogen) atoms. The SMILES string of the molecule is CC(Br)Cc1cnc2ccccn12. The smallest absolute Gasteiger partial charge is 0.136 e. The largest absolute Gasteiger partial charge is 0.304 e. The van der Waals surface area contributed by atoms with Gasteiger partial charge in [-0.05, 0) is 12.1 Å². The molecule has 0 aliphatic heterocycles. The Labute approximate surface area is 85.7 Å². The molecule has 0 aliphatic rings. The summed E-state index contributed by atoms with van der Waals surface area (Å²) in [5.41, 5.74) is 2.27. The second-order valence-electron chi connectivity index (χ2n) is 3.16. The highest BCUT2D eigenvalue weighted by atomic mass is 79.9. The molecule has 2 rings (SSSR count). The molecule has 2 aromatic rings. The van der Waals surface area contributed by atoms with Crippen LogP contribution < -0.4 is 0 Å². The van der Waals surface area contributed by atoms with Crippen molar-refractivity contribution in [2.75, 3.05) is 0 Å². The van der Waals surface area contributed by atoms with Gasteiger partial charge in [-0.15, -0.1) is 0 Å². The number of nitrogens with zero attached hydrogens (tertiary/aromatic N) is 2. The van der Waals surface area contributed by atoms with E-state index in [9.17, 15) is 0 Å². The predicted molar refractivity (Wildman–Crippen MR) is 57.3 cm³/mol. The van der Waals surface area contributed by atoms with Gasteiger partial charge in [0.2, 0.25) is 0 Å². The van der Waals surface area contributed by atoms with Crippen molar-refractivity contribution in [3.63, 3.8) is 0 Å². The van der Waals surface area contributed by atoms with Gasteiger partial charge in [0.05, 0.1) is 0 Å². The zero-order chi connectivity index (χ0) is 9.26. The minimum absolute atomic E-state index is 0.493. The third kappa shape index (κ3) is 1.75. The molecule has 0 fully saturated rings. The highest BCUT2D eigenvalue weighted by Crippen LogP contribution is 2.11. The van der Waals surface area contributed by atoms with Crippen LogP contribution in [-0.4, -0.2) is 14.2 Å². The average Bonchev–Trinajstić information content (AvgIpc) is 2.48. The van der Waals surface area contributed by atoms with Crippen molar-refractivity contribution >= 4 is 21.6 Å². The number of fused-ring (bicyclic) bond motifs is 1. The molecule has 0 aromatic carbocycles. The van der Waals surface area contributed by atoms with Crippen molar-refractivity contribution in [1.29, 1.82) is 0 Å². The Balaban J connectivity index is 2.46. The summed E-state index contributed by atoms with van der Waals surface area (Å²) in [7, 11) is 0. The van der Waals surface area contributed by atoms with Crippen LogP contribution in [0.25, 0.3) is 5.65 Å². The average molecular weight is 239 g/mol. The van der Waals surface area contributed by atoms with Crippen LogP contribution in [-0.2, 0) is 6.42 Å². The molecule has 0 saturated carbocycles. The van der Waals surface area contributed by atoms with Crippen molar-refractivity contribution in [2.45, 2.75) is 18.2 Å². The van der Waals surface area contributed by atoms with Gasteiger partial charge in [0.25, 0.3) is 0 Å². The van der Waals surface area contributed by atoms with Gasteiger partial charge in [-0.1, -0.05) is 28.9 Å². The molecular weight excluding hydrogens is 228 g/mol. The lowest BCUT2D eigenvalue weighted by molar-refractivity contribution is 0.896. The topological polar surface area (TPSA) is 17.3 Å². The minimum atomic E-state index is 0.493. The third-order valence-corrected chi connectivity index (χ3v) is 2.31. The summed E-state index contributed by atoms with van der Waals surface area (Å²) in [5.74, 6) is 0. The number of alkyl halides is 1. The number of rotatable bonds is 2. The molecule has 2 heterocycles. The van der Waals surface area contributed by atoms with Crippen molar-refractivity contribution < 1.29 is 0 Å². The predicted octanol–water partition coefficient (Wildman–Crippen LogP) is 2.66. The van der Waals surface area contributed by atoms with Crippen molar-refractivity contribution in [2.24, 2.45) is 0 Å².